The number of hydrogen-bond acceptors (Lipinski definition) is 2. The van der Waals surface area contributed by atoms with Crippen molar-refractivity contribution < 1.29 is 0 Å². The topological polar surface area (TPSA) is 39.8 Å². The summed E-state index contributed by atoms with van der Waals surface area (Å²) in [7, 11) is 0. The molecule has 0 radical (unpaired) electrons. The standard InChI is InChI=1S/C20H17N3O/c1-2-22-17-10-6-4-7-13(17)14-11-12-23-19(18(14)22)21-16-9-5-3-8-15(16)20(23)24/h3-10H,2,11-12H2,1H3. The van der Waals surface area contributed by atoms with Crippen molar-refractivity contribution in [2.75, 3.05) is 0 Å². The van der Waals surface area contributed by atoms with Crippen LogP contribution in [0.5, 0.6) is 0 Å². The Morgan fingerprint density at radius 2 is 1.79 bits per heavy atom. The van der Waals surface area contributed by atoms with Gasteiger partial charge in [0.15, 0.2) is 5.82 Å². The predicted molar refractivity (Wildman–Crippen MR) is 96.3 cm³/mol. The van der Waals surface area contributed by atoms with E-state index < -0.39 is 0 Å². The lowest BCUT2D eigenvalue weighted by molar-refractivity contribution is 0.640. The summed E-state index contributed by atoms with van der Waals surface area (Å²) in [6.45, 7) is 3.69. The van der Waals surface area contributed by atoms with Gasteiger partial charge in [-0.1, -0.05) is 30.3 Å². The number of nitrogens with zero attached hydrogens (tertiary/aromatic N) is 3. The van der Waals surface area contributed by atoms with Crippen LogP contribution in [0.15, 0.2) is 53.3 Å². The molecule has 0 spiro atoms. The van der Waals surface area contributed by atoms with E-state index in [1.54, 1.807) is 0 Å². The Labute approximate surface area is 139 Å². The number of benzene rings is 2. The Balaban J connectivity index is 1.96. The van der Waals surface area contributed by atoms with Gasteiger partial charge >= 0.3 is 0 Å². The molecule has 118 valence electrons. The average molecular weight is 315 g/mol. The van der Waals surface area contributed by atoms with Crippen LogP contribution < -0.4 is 5.56 Å². The molecule has 0 saturated carbocycles. The fourth-order valence-electron chi connectivity index (χ4n) is 3.99. The Kier molecular flexibility index (Phi) is 2.71. The zero-order chi connectivity index (χ0) is 16.3. The smallest absolute Gasteiger partial charge is 0.261 e. The summed E-state index contributed by atoms with van der Waals surface area (Å²) in [4.78, 5) is 17.8. The van der Waals surface area contributed by atoms with E-state index in [0.29, 0.717) is 11.9 Å². The molecule has 0 atom stereocenters. The molecule has 0 aliphatic carbocycles. The predicted octanol–water partition coefficient (Wildman–Crippen LogP) is 3.59. The van der Waals surface area contributed by atoms with E-state index in [0.717, 1.165) is 30.0 Å². The van der Waals surface area contributed by atoms with E-state index in [1.165, 1.54) is 16.5 Å². The molecule has 1 aliphatic rings. The van der Waals surface area contributed by atoms with Crippen molar-refractivity contribution in [3.63, 3.8) is 0 Å². The zero-order valence-corrected chi connectivity index (χ0v) is 13.5. The van der Waals surface area contributed by atoms with Gasteiger partial charge in [-0.2, -0.15) is 0 Å². The van der Waals surface area contributed by atoms with Crippen molar-refractivity contribution in [3.05, 3.63) is 64.4 Å². The molecular formula is C20H17N3O. The highest BCUT2D eigenvalue weighted by molar-refractivity contribution is 5.92. The van der Waals surface area contributed by atoms with E-state index >= 15 is 0 Å². The maximum atomic E-state index is 12.9. The highest BCUT2D eigenvalue weighted by Gasteiger charge is 2.26. The minimum Gasteiger partial charge on any atom is -0.338 e. The van der Waals surface area contributed by atoms with Crippen LogP contribution in [0, 0.1) is 0 Å². The number of para-hydroxylation sites is 2. The molecular weight excluding hydrogens is 298 g/mol. The van der Waals surface area contributed by atoms with Gasteiger partial charge in [0.25, 0.3) is 5.56 Å². The second-order valence-corrected chi connectivity index (χ2v) is 6.25. The largest absolute Gasteiger partial charge is 0.338 e. The molecule has 1 aliphatic heterocycles. The molecule has 0 bridgehead atoms. The van der Waals surface area contributed by atoms with Crippen LogP contribution in [0.4, 0.5) is 0 Å². The lowest BCUT2D eigenvalue weighted by Crippen LogP contribution is -2.28. The van der Waals surface area contributed by atoms with Gasteiger partial charge in [-0.05, 0) is 37.1 Å². The van der Waals surface area contributed by atoms with Crippen molar-refractivity contribution in [1.82, 2.24) is 14.1 Å². The molecule has 4 nitrogen and oxygen atoms in total. The lowest BCUT2D eigenvalue weighted by atomic mass is 10.0. The van der Waals surface area contributed by atoms with Crippen molar-refractivity contribution >= 4 is 21.8 Å². The summed E-state index contributed by atoms with van der Waals surface area (Å²) in [6.07, 6.45) is 0.871. The maximum absolute atomic E-state index is 12.9. The summed E-state index contributed by atoms with van der Waals surface area (Å²) in [5.74, 6) is 0.804. The van der Waals surface area contributed by atoms with E-state index in [4.69, 9.17) is 4.98 Å². The van der Waals surface area contributed by atoms with Crippen LogP contribution in [0.2, 0.25) is 0 Å². The second kappa shape index (κ2) is 4.81. The molecule has 0 saturated heterocycles. The molecule has 2 aromatic heterocycles. The first-order valence-electron chi connectivity index (χ1n) is 8.39. The molecule has 4 heteroatoms. The molecule has 2 aromatic carbocycles. The summed E-state index contributed by atoms with van der Waals surface area (Å²) in [5, 5.41) is 1.98. The van der Waals surface area contributed by atoms with Crippen LogP contribution in [-0.2, 0) is 19.5 Å². The Bertz CT molecular complexity index is 1130. The van der Waals surface area contributed by atoms with E-state index in [9.17, 15) is 4.79 Å². The first-order valence-corrected chi connectivity index (χ1v) is 8.39. The third-order valence-electron chi connectivity index (χ3n) is 5.05. The van der Waals surface area contributed by atoms with Crippen molar-refractivity contribution in [3.8, 4) is 11.5 Å². The summed E-state index contributed by atoms with van der Waals surface area (Å²) >= 11 is 0. The van der Waals surface area contributed by atoms with Gasteiger partial charge in [0.05, 0.1) is 16.6 Å². The number of aryl methyl sites for hydroxylation is 2. The number of hydrogen-bond donors (Lipinski definition) is 0. The van der Waals surface area contributed by atoms with Crippen LogP contribution in [0.1, 0.15) is 12.5 Å². The van der Waals surface area contributed by atoms with Crippen LogP contribution in [0.25, 0.3) is 33.3 Å². The molecule has 3 heterocycles. The molecule has 0 fully saturated rings. The summed E-state index contributed by atoms with van der Waals surface area (Å²) in [5.41, 5.74) is 4.48. The van der Waals surface area contributed by atoms with E-state index in [-0.39, 0.29) is 5.56 Å². The van der Waals surface area contributed by atoms with Gasteiger partial charge < -0.3 is 4.57 Å². The summed E-state index contributed by atoms with van der Waals surface area (Å²) < 4.78 is 4.13. The van der Waals surface area contributed by atoms with Gasteiger partial charge in [0.2, 0.25) is 0 Å². The molecule has 0 unspecified atom stereocenters. The van der Waals surface area contributed by atoms with Gasteiger partial charge in [0, 0.05) is 24.0 Å². The molecule has 4 aromatic rings. The number of rotatable bonds is 1. The summed E-state index contributed by atoms with van der Waals surface area (Å²) in [6, 6.07) is 16.1. The van der Waals surface area contributed by atoms with Gasteiger partial charge in [0.1, 0.15) is 0 Å². The Hall–Kier alpha value is -2.88. The molecule has 0 N–H and O–H groups in total. The fraction of sp³-hybridized carbons (Fsp3) is 0.200. The normalized spacial score (nSPS) is 13.2. The third kappa shape index (κ3) is 1.63. The fourth-order valence-corrected chi connectivity index (χ4v) is 3.99. The molecule has 24 heavy (non-hydrogen) atoms. The highest BCUT2D eigenvalue weighted by Crippen LogP contribution is 2.36. The minimum absolute atomic E-state index is 0.0640. The zero-order valence-electron chi connectivity index (χ0n) is 13.5. The van der Waals surface area contributed by atoms with Crippen molar-refractivity contribution in [1.29, 1.82) is 0 Å². The number of fused-ring (bicyclic) bond motifs is 6. The number of aromatic nitrogens is 3. The van der Waals surface area contributed by atoms with Crippen LogP contribution >= 0.6 is 0 Å². The first kappa shape index (κ1) is 13.5. The molecule has 0 amide bonds. The Morgan fingerprint density at radius 3 is 2.62 bits per heavy atom. The Morgan fingerprint density at radius 1 is 1.04 bits per heavy atom. The second-order valence-electron chi connectivity index (χ2n) is 6.25. The van der Waals surface area contributed by atoms with Crippen LogP contribution in [-0.4, -0.2) is 14.1 Å². The van der Waals surface area contributed by atoms with E-state index in [1.807, 2.05) is 28.8 Å². The highest BCUT2D eigenvalue weighted by atomic mass is 16.1. The quantitative estimate of drug-likeness (QED) is 0.538. The molecule has 5 rings (SSSR count). The maximum Gasteiger partial charge on any atom is 0.261 e. The minimum atomic E-state index is 0.0640. The SMILES string of the molecule is CCn1c2c(c3ccccc31)CCn1c-2nc2ccccc2c1=O. The average Bonchev–Trinajstić information content (AvgIpc) is 2.96. The van der Waals surface area contributed by atoms with Gasteiger partial charge in [-0.3, -0.25) is 9.36 Å². The lowest BCUT2D eigenvalue weighted by Gasteiger charge is -2.21. The van der Waals surface area contributed by atoms with E-state index in [2.05, 4.69) is 35.8 Å². The van der Waals surface area contributed by atoms with Gasteiger partial charge in [-0.25, -0.2) is 4.98 Å². The monoisotopic (exact) mass is 315 g/mol. The van der Waals surface area contributed by atoms with Gasteiger partial charge in [-0.15, -0.1) is 0 Å². The first-order chi connectivity index (χ1) is 11.8. The third-order valence-corrected chi connectivity index (χ3v) is 5.05. The van der Waals surface area contributed by atoms with Crippen molar-refractivity contribution in [2.45, 2.75) is 26.4 Å². The van der Waals surface area contributed by atoms with Crippen LogP contribution in [0.3, 0.4) is 0 Å². The van der Waals surface area contributed by atoms with Crippen molar-refractivity contribution in [2.24, 2.45) is 0 Å².